The molecule has 0 aliphatic rings. The zero-order chi connectivity index (χ0) is 5.21. The van der Waals surface area contributed by atoms with E-state index in [1.165, 1.54) is 0 Å². The van der Waals surface area contributed by atoms with Crippen LogP contribution in [0.1, 0.15) is 0 Å². The Kier molecular flexibility index (Phi) is 2.44. The molecule has 0 aromatic rings. The zero-order valence-corrected chi connectivity index (χ0v) is 5.92. The first-order valence-electron chi connectivity index (χ1n) is 1.55. The zero-order valence-electron chi connectivity index (χ0n) is 3.41. The summed E-state index contributed by atoms with van der Waals surface area (Å²) in [6.07, 6.45) is -0.0594. The highest BCUT2D eigenvalue weighted by Crippen LogP contribution is 2.10. The molecular formula is C2H6Cl2OSi. The van der Waals surface area contributed by atoms with E-state index in [1.807, 2.05) is 0 Å². The Morgan fingerprint density at radius 3 is 1.83 bits per heavy atom. The third-order valence-corrected chi connectivity index (χ3v) is 1.55. The summed E-state index contributed by atoms with van der Waals surface area (Å²) in [5.74, 6) is 0. The lowest BCUT2D eigenvalue weighted by Crippen LogP contribution is -2.18. The first-order chi connectivity index (χ1) is 2.56. The number of rotatable bonds is 1. The van der Waals surface area contributed by atoms with Crippen LogP contribution in [0.15, 0.2) is 0 Å². The average Bonchev–Trinajstić information content (AvgIpc) is 1.35. The predicted molar refractivity (Wildman–Crippen MR) is 30.4 cm³/mol. The van der Waals surface area contributed by atoms with Crippen molar-refractivity contribution in [3.05, 3.63) is 0 Å². The van der Waals surface area contributed by atoms with Crippen molar-refractivity contribution in [1.82, 2.24) is 0 Å². The highest BCUT2D eigenvalue weighted by Gasteiger charge is 2.17. The minimum atomic E-state index is -2.13. The van der Waals surface area contributed by atoms with Gasteiger partial charge in [-0.25, -0.2) is 0 Å². The largest absolute Gasteiger partial charge is 0.397 e. The number of hydrogen-bond donors (Lipinski definition) is 1. The van der Waals surface area contributed by atoms with Crippen molar-refractivity contribution in [3.8, 4) is 0 Å². The average molecular weight is 145 g/mol. The standard InChI is InChI=1S/C2H6Cl2OSi/c1-6(3,4)2-5/h5H,2H2,1H3. The quantitative estimate of drug-likeness (QED) is 0.432. The molecule has 0 bridgehead atoms. The van der Waals surface area contributed by atoms with Crippen molar-refractivity contribution < 1.29 is 5.11 Å². The number of halogens is 2. The third-order valence-electron chi connectivity index (χ3n) is 0.278. The van der Waals surface area contributed by atoms with Crippen molar-refractivity contribution in [1.29, 1.82) is 0 Å². The second-order valence-electron chi connectivity index (χ2n) is 1.23. The van der Waals surface area contributed by atoms with E-state index in [4.69, 9.17) is 27.3 Å². The van der Waals surface area contributed by atoms with Crippen molar-refractivity contribution >= 4 is 28.9 Å². The fourth-order valence-corrected chi connectivity index (χ4v) is 0. The highest BCUT2D eigenvalue weighted by atomic mass is 35.7. The minimum absolute atomic E-state index is 0.0594. The van der Waals surface area contributed by atoms with Gasteiger partial charge in [0.1, 0.15) is 0 Å². The van der Waals surface area contributed by atoms with Crippen LogP contribution < -0.4 is 0 Å². The second kappa shape index (κ2) is 2.16. The molecule has 6 heavy (non-hydrogen) atoms. The Bertz CT molecular complexity index is 41.3. The molecule has 38 valence electrons. The van der Waals surface area contributed by atoms with Crippen molar-refractivity contribution in [2.24, 2.45) is 0 Å². The van der Waals surface area contributed by atoms with E-state index in [0.29, 0.717) is 0 Å². The van der Waals surface area contributed by atoms with Gasteiger partial charge in [0.15, 0.2) is 0 Å². The fraction of sp³-hybridized carbons (Fsp3) is 1.00. The van der Waals surface area contributed by atoms with Crippen LogP contribution in [0, 0.1) is 0 Å². The van der Waals surface area contributed by atoms with Crippen LogP contribution in [-0.2, 0) is 0 Å². The molecule has 0 spiro atoms. The summed E-state index contributed by atoms with van der Waals surface area (Å²) >= 11 is 10.7. The van der Waals surface area contributed by atoms with Crippen LogP contribution in [0.5, 0.6) is 0 Å². The second-order valence-corrected chi connectivity index (χ2v) is 9.27. The van der Waals surface area contributed by atoms with Crippen LogP contribution in [0.4, 0.5) is 0 Å². The Labute approximate surface area is 47.3 Å². The smallest absolute Gasteiger partial charge is 0.272 e. The van der Waals surface area contributed by atoms with Crippen LogP contribution in [0.25, 0.3) is 0 Å². The summed E-state index contributed by atoms with van der Waals surface area (Å²) < 4.78 is 0. The van der Waals surface area contributed by atoms with Gasteiger partial charge in [-0.3, -0.25) is 0 Å². The highest BCUT2D eigenvalue weighted by molar-refractivity contribution is 7.44. The van der Waals surface area contributed by atoms with Gasteiger partial charge in [0.25, 0.3) is 6.69 Å². The van der Waals surface area contributed by atoms with Gasteiger partial charge >= 0.3 is 0 Å². The third kappa shape index (κ3) is 4.76. The van der Waals surface area contributed by atoms with Crippen molar-refractivity contribution in [2.45, 2.75) is 6.55 Å². The summed E-state index contributed by atoms with van der Waals surface area (Å²) in [6, 6.07) is 0. The van der Waals surface area contributed by atoms with E-state index in [0.717, 1.165) is 0 Å². The maximum Gasteiger partial charge on any atom is 0.272 e. The maximum atomic E-state index is 8.20. The van der Waals surface area contributed by atoms with Crippen molar-refractivity contribution in [2.75, 3.05) is 6.23 Å². The Morgan fingerprint density at radius 2 is 1.83 bits per heavy atom. The van der Waals surface area contributed by atoms with Crippen molar-refractivity contribution in [3.63, 3.8) is 0 Å². The number of aliphatic hydroxyl groups excluding tert-OH is 1. The maximum absolute atomic E-state index is 8.20. The summed E-state index contributed by atoms with van der Waals surface area (Å²) in [4.78, 5) is 0. The molecule has 0 aliphatic carbocycles. The van der Waals surface area contributed by atoms with Gasteiger partial charge in [-0.15, -0.1) is 22.2 Å². The van der Waals surface area contributed by atoms with Crippen LogP contribution in [-0.4, -0.2) is 18.0 Å². The molecule has 0 saturated heterocycles. The van der Waals surface area contributed by atoms with E-state index >= 15 is 0 Å². The van der Waals surface area contributed by atoms with Gasteiger partial charge in [0.2, 0.25) is 0 Å². The Hall–Kier alpha value is 0.757. The molecule has 0 amide bonds. The number of aliphatic hydroxyl groups is 1. The summed E-state index contributed by atoms with van der Waals surface area (Å²) in [5.41, 5.74) is 0. The van der Waals surface area contributed by atoms with Crippen LogP contribution in [0.2, 0.25) is 6.55 Å². The monoisotopic (exact) mass is 144 g/mol. The molecule has 4 heteroatoms. The molecule has 0 radical (unpaired) electrons. The SMILES string of the molecule is C[Si](Cl)(Cl)CO. The lowest BCUT2D eigenvalue weighted by molar-refractivity contribution is 0.364. The van der Waals surface area contributed by atoms with Gasteiger partial charge in [-0.1, -0.05) is 0 Å². The molecule has 0 saturated carbocycles. The molecule has 0 aromatic heterocycles. The number of hydrogen-bond acceptors (Lipinski definition) is 1. The predicted octanol–water partition coefficient (Wildman–Crippen LogP) is 1.07. The molecular weight excluding hydrogens is 139 g/mol. The normalized spacial score (nSPS) is 12.0. The van der Waals surface area contributed by atoms with Gasteiger partial charge in [-0.2, -0.15) is 0 Å². The van der Waals surface area contributed by atoms with Gasteiger partial charge < -0.3 is 5.11 Å². The fourth-order valence-electron chi connectivity index (χ4n) is 0. The van der Waals surface area contributed by atoms with Crippen LogP contribution in [0.3, 0.4) is 0 Å². The topological polar surface area (TPSA) is 20.2 Å². The first kappa shape index (κ1) is 6.76. The van der Waals surface area contributed by atoms with E-state index in [1.54, 1.807) is 6.55 Å². The minimum Gasteiger partial charge on any atom is -0.397 e. The Morgan fingerprint density at radius 1 is 1.67 bits per heavy atom. The molecule has 1 nitrogen and oxygen atoms in total. The summed E-state index contributed by atoms with van der Waals surface area (Å²) in [7, 11) is 0. The molecule has 0 fully saturated rings. The molecule has 0 atom stereocenters. The first-order valence-corrected chi connectivity index (χ1v) is 6.28. The lowest BCUT2D eigenvalue weighted by atomic mass is 11.7. The molecule has 0 unspecified atom stereocenters. The summed E-state index contributed by atoms with van der Waals surface area (Å²) in [6.45, 7) is -0.468. The van der Waals surface area contributed by atoms with Gasteiger partial charge in [-0.05, 0) is 6.55 Å². The van der Waals surface area contributed by atoms with E-state index in [2.05, 4.69) is 0 Å². The lowest BCUT2D eigenvalue weighted by Gasteiger charge is -2.00. The molecule has 0 rings (SSSR count). The molecule has 0 heterocycles. The molecule has 0 aromatic carbocycles. The van der Waals surface area contributed by atoms with E-state index in [-0.39, 0.29) is 6.23 Å². The summed E-state index contributed by atoms with van der Waals surface area (Å²) in [5, 5.41) is 8.20. The molecule has 0 aliphatic heterocycles. The van der Waals surface area contributed by atoms with E-state index in [9.17, 15) is 0 Å². The van der Waals surface area contributed by atoms with Gasteiger partial charge in [0.05, 0.1) is 6.23 Å². The molecule has 1 N–H and O–H groups in total. The van der Waals surface area contributed by atoms with E-state index < -0.39 is 6.69 Å². The van der Waals surface area contributed by atoms with Crippen LogP contribution >= 0.6 is 22.2 Å². The van der Waals surface area contributed by atoms with Gasteiger partial charge in [0, 0.05) is 0 Å². The Balaban J connectivity index is 3.17.